The lowest BCUT2D eigenvalue weighted by Crippen LogP contribution is -2.46. The summed E-state index contributed by atoms with van der Waals surface area (Å²) in [5, 5.41) is 2.99. The molecule has 7 nitrogen and oxygen atoms in total. The molecule has 0 unspecified atom stereocenters. The van der Waals surface area contributed by atoms with Crippen LogP contribution in [0.2, 0.25) is 0 Å². The number of oxazole rings is 1. The van der Waals surface area contributed by atoms with E-state index in [2.05, 4.69) is 10.3 Å². The number of piperidine rings is 1. The average molecular weight is 458 g/mol. The third-order valence-electron chi connectivity index (χ3n) is 5.59. The number of nitrogens with one attached hydrogen (secondary N) is 1. The van der Waals surface area contributed by atoms with Crippen LogP contribution in [0.15, 0.2) is 59.1 Å². The van der Waals surface area contributed by atoms with E-state index in [0.29, 0.717) is 42.6 Å². The third-order valence-corrected chi connectivity index (χ3v) is 7.48. The van der Waals surface area contributed by atoms with Crippen LogP contribution in [0.4, 0.5) is 4.39 Å². The standard InChI is InChI=1S/C23H24FN3O4S/c1-2-32(29,30)27-13-11-16(12-14-27)26-22(28)17-7-3-4-8-18(17)23-25-15-21(31-23)19-9-5-6-10-20(19)24/h3-10,15-16H,2,11-14H2,1H3,(H,26,28). The van der Waals surface area contributed by atoms with Crippen molar-refractivity contribution < 1.29 is 22.0 Å². The third kappa shape index (κ3) is 4.58. The van der Waals surface area contributed by atoms with E-state index in [0.717, 1.165) is 0 Å². The molecule has 0 atom stereocenters. The Kier molecular flexibility index (Phi) is 6.38. The van der Waals surface area contributed by atoms with Gasteiger partial charge in [-0.15, -0.1) is 0 Å². The Morgan fingerprint density at radius 2 is 1.78 bits per heavy atom. The van der Waals surface area contributed by atoms with Gasteiger partial charge in [-0.2, -0.15) is 0 Å². The van der Waals surface area contributed by atoms with Crippen LogP contribution in [0.5, 0.6) is 0 Å². The first-order chi connectivity index (χ1) is 15.4. The van der Waals surface area contributed by atoms with Gasteiger partial charge in [-0.25, -0.2) is 22.1 Å². The molecule has 0 saturated carbocycles. The summed E-state index contributed by atoms with van der Waals surface area (Å²) in [5.41, 5.74) is 1.18. The van der Waals surface area contributed by atoms with Gasteiger partial charge >= 0.3 is 0 Å². The van der Waals surface area contributed by atoms with Gasteiger partial charge < -0.3 is 9.73 Å². The number of carbonyl (C=O) groups is 1. The van der Waals surface area contributed by atoms with Crippen molar-refractivity contribution in [3.63, 3.8) is 0 Å². The molecule has 9 heteroatoms. The highest BCUT2D eigenvalue weighted by atomic mass is 32.2. The smallest absolute Gasteiger partial charge is 0.252 e. The zero-order valence-electron chi connectivity index (χ0n) is 17.6. The zero-order valence-corrected chi connectivity index (χ0v) is 18.4. The van der Waals surface area contributed by atoms with E-state index in [1.807, 2.05) is 0 Å². The van der Waals surface area contributed by atoms with Gasteiger partial charge in [0.25, 0.3) is 5.91 Å². The van der Waals surface area contributed by atoms with Gasteiger partial charge in [-0.3, -0.25) is 4.79 Å². The number of aromatic nitrogens is 1. The van der Waals surface area contributed by atoms with E-state index in [-0.39, 0.29) is 29.4 Å². The number of carbonyl (C=O) groups excluding carboxylic acids is 1. The van der Waals surface area contributed by atoms with Crippen molar-refractivity contribution in [2.75, 3.05) is 18.8 Å². The molecule has 0 spiro atoms. The van der Waals surface area contributed by atoms with Crippen molar-refractivity contribution in [2.45, 2.75) is 25.8 Å². The summed E-state index contributed by atoms with van der Waals surface area (Å²) in [5.74, 6) is -0.140. The minimum atomic E-state index is -3.22. The van der Waals surface area contributed by atoms with Gasteiger partial charge in [0.15, 0.2) is 5.76 Å². The monoisotopic (exact) mass is 457 g/mol. The SMILES string of the molecule is CCS(=O)(=O)N1CCC(NC(=O)c2ccccc2-c2ncc(-c3ccccc3F)o2)CC1. The van der Waals surface area contributed by atoms with Crippen LogP contribution >= 0.6 is 0 Å². The predicted octanol–water partition coefficient (Wildman–Crippen LogP) is 3.69. The normalized spacial score (nSPS) is 15.6. The second kappa shape index (κ2) is 9.22. The molecule has 2 heterocycles. The molecule has 1 aliphatic heterocycles. The molecule has 1 aliphatic rings. The van der Waals surface area contributed by atoms with E-state index in [1.54, 1.807) is 49.4 Å². The topological polar surface area (TPSA) is 92.5 Å². The Bertz CT molecular complexity index is 1220. The summed E-state index contributed by atoms with van der Waals surface area (Å²) in [6.07, 6.45) is 2.53. The highest BCUT2D eigenvalue weighted by Gasteiger charge is 2.28. The van der Waals surface area contributed by atoms with E-state index < -0.39 is 15.8 Å². The molecule has 1 amide bonds. The predicted molar refractivity (Wildman–Crippen MR) is 119 cm³/mol. The highest BCUT2D eigenvalue weighted by Crippen LogP contribution is 2.29. The molecule has 168 valence electrons. The zero-order chi connectivity index (χ0) is 22.7. The van der Waals surface area contributed by atoms with Crippen molar-refractivity contribution in [2.24, 2.45) is 0 Å². The Hall–Kier alpha value is -3.04. The number of amides is 1. The maximum atomic E-state index is 14.1. The summed E-state index contributed by atoms with van der Waals surface area (Å²) < 4.78 is 45.4. The number of hydrogen-bond acceptors (Lipinski definition) is 5. The number of benzene rings is 2. The summed E-state index contributed by atoms with van der Waals surface area (Å²) >= 11 is 0. The molecule has 1 aromatic heterocycles. The number of sulfonamides is 1. The molecule has 2 aromatic carbocycles. The lowest BCUT2D eigenvalue weighted by molar-refractivity contribution is 0.0924. The maximum Gasteiger partial charge on any atom is 0.252 e. The first-order valence-corrected chi connectivity index (χ1v) is 12.1. The summed E-state index contributed by atoms with van der Waals surface area (Å²) in [4.78, 5) is 17.3. The number of nitrogens with zero attached hydrogens (tertiary/aromatic N) is 2. The van der Waals surface area contributed by atoms with Crippen LogP contribution in [-0.2, 0) is 10.0 Å². The van der Waals surface area contributed by atoms with Crippen LogP contribution < -0.4 is 5.32 Å². The molecule has 1 fully saturated rings. The first-order valence-electron chi connectivity index (χ1n) is 10.5. The van der Waals surface area contributed by atoms with Crippen LogP contribution in [0.1, 0.15) is 30.1 Å². The fraction of sp³-hybridized carbons (Fsp3) is 0.304. The van der Waals surface area contributed by atoms with Crippen molar-refractivity contribution in [3.05, 3.63) is 66.1 Å². The second-order valence-electron chi connectivity index (χ2n) is 7.60. The largest absolute Gasteiger partial charge is 0.436 e. The Morgan fingerprint density at radius 3 is 2.47 bits per heavy atom. The van der Waals surface area contributed by atoms with Gasteiger partial charge in [0.2, 0.25) is 15.9 Å². The highest BCUT2D eigenvalue weighted by molar-refractivity contribution is 7.89. The van der Waals surface area contributed by atoms with Gasteiger partial charge in [-0.05, 0) is 44.0 Å². The lowest BCUT2D eigenvalue weighted by Gasteiger charge is -2.31. The number of rotatable bonds is 6. The fourth-order valence-corrected chi connectivity index (χ4v) is 4.91. The minimum Gasteiger partial charge on any atom is -0.436 e. The summed E-state index contributed by atoms with van der Waals surface area (Å²) in [6.45, 7) is 2.39. The van der Waals surface area contributed by atoms with Crippen LogP contribution in [0.25, 0.3) is 22.8 Å². The minimum absolute atomic E-state index is 0.0718. The first kappa shape index (κ1) is 22.2. The molecule has 1 saturated heterocycles. The Morgan fingerprint density at radius 1 is 1.12 bits per heavy atom. The number of hydrogen-bond donors (Lipinski definition) is 1. The summed E-state index contributed by atoms with van der Waals surface area (Å²) in [6, 6.07) is 13.0. The molecule has 4 rings (SSSR count). The fourth-order valence-electron chi connectivity index (χ4n) is 3.78. The van der Waals surface area contributed by atoms with Crippen molar-refractivity contribution in [1.29, 1.82) is 0 Å². The quantitative estimate of drug-likeness (QED) is 0.609. The molecule has 0 radical (unpaired) electrons. The van der Waals surface area contributed by atoms with Crippen molar-refractivity contribution >= 4 is 15.9 Å². The van der Waals surface area contributed by atoms with E-state index in [1.165, 1.54) is 16.6 Å². The van der Waals surface area contributed by atoms with Crippen molar-refractivity contribution in [3.8, 4) is 22.8 Å². The van der Waals surface area contributed by atoms with Crippen LogP contribution in [0, 0.1) is 5.82 Å². The van der Waals surface area contributed by atoms with Gasteiger partial charge in [-0.1, -0.05) is 24.3 Å². The molecule has 3 aromatic rings. The Labute approximate surface area is 186 Å². The van der Waals surface area contributed by atoms with Gasteiger partial charge in [0, 0.05) is 24.7 Å². The molecule has 0 aliphatic carbocycles. The lowest BCUT2D eigenvalue weighted by atomic mass is 10.0. The van der Waals surface area contributed by atoms with Gasteiger partial charge in [0.1, 0.15) is 5.82 Å². The molecule has 32 heavy (non-hydrogen) atoms. The van der Waals surface area contributed by atoms with E-state index in [4.69, 9.17) is 4.42 Å². The molecule has 0 bridgehead atoms. The van der Waals surface area contributed by atoms with Crippen LogP contribution in [0.3, 0.4) is 0 Å². The molecule has 1 N–H and O–H groups in total. The average Bonchev–Trinajstić information content (AvgIpc) is 3.29. The number of halogens is 1. The van der Waals surface area contributed by atoms with E-state index >= 15 is 0 Å². The van der Waals surface area contributed by atoms with Crippen molar-refractivity contribution in [1.82, 2.24) is 14.6 Å². The molecular formula is C23H24FN3O4S. The van der Waals surface area contributed by atoms with Crippen LogP contribution in [-0.4, -0.2) is 48.5 Å². The van der Waals surface area contributed by atoms with E-state index in [9.17, 15) is 17.6 Å². The second-order valence-corrected chi connectivity index (χ2v) is 9.86. The maximum absolute atomic E-state index is 14.1. The van der Waals surface area contributed by atoms with Gasteiger partial charge in [0.05, 0.1) is 23.1 Å². The molecular weight excluding hydrogens is 433 g/mol. The Balaban J connectivity index is 1.50. The summed E-state index contributed by atoms with van der Waals surface area (Å²) in [7, 11) is -3.22.